The zero-order valence-electron chi connectivity index (χ0n) is 13.4. The fraction of sp³-hybridized carbons (Fsp3) is 0.471. The highest BCUT2D eigenvalue weighted by Crippen LogP contribution is 2.26. The average molecular weight is 310 g/mol. The standard InChI is InChI=1S/C17H22N6/c1-13-4-5-18-11-15(13)22-6-8-23(9-7-22)17-10-16(19-12-20-17)21-14-2-3-14/h4-5,10-12,14H,2-3,6-9H2,1H3,(H,19,20,21). The van der Waals surface area contributed by atoms with Gasteiger partial charge >= 0.3 is 0 Å². The Kier molecular flexibility index (Phi) is 3.73. The van der Waals surface area contributed by atoms with Crippen LogP contribution in [0.15, 0.2) is 30.9 Å². The van der Waals surface area contributed by atoms with Gasteiger partial charge in [-0.1, -0.05) is 0 Å². The van der Waals surface area contributed by atoms with Crippen molar-refractivity contribution in [2.75, 3.05) is 41.3 Å². The molecule has 0 atom stereocenters. The molecular formula is C17H22N6. The predicted molar refractivity (Wildman–Crippen MR) is 92.1 cm³/mol. The van der Waals surface area contributed by atoms with Gasteiger partial charge in [-0.25, -0.2) is 9.97 Å². The fourth-order valence-corrected chi connectivity index (χ4v) is 3.00. The quantitative estimate of drug-likeness (QED) is 0.933. The van der Waals surface area contributed by atoms with Crippen LogP contribution in [0.3, 0.4) is 0 Å². The van der Waals surface area contributed by atoms with E-state index in [9.17, 15) is 0 Å². The van der Waals surface area contributed by atoms with E-state index in [4.69, 9.17) is 0 Å². The van der Waals surface area contributed by atoms with E-state index >= 15 is 0 Å². The van der Waals surface area contributed by atoms with Gasteiger partial charge in [-0.15, -0.1) is 0 Å². The van der Waals surface area contributed by atoms with E-state index in [0.717, 1.165) is 37.8 Å². The van der Waals surface area contributed by atoms with Gasteiger partial charge in [-0.05, 0) is 31.4 Å². The fourth-order valence-electron chi connectivity index (χ4n) is 3.00. The van der Waals surface area contributed by atoms with Crippen molar-refractivity contribution in [3.05, 3.63) is 36.4 Å². The van der Waals surface area contributed by atoms with E-state index in [1.54, 1.807) is 6.33 Å². The Morgan fingerprint density at radius 2 is 1.87 bits per heavy atom. The number of nitrogens with one attached hydrogen (secondary N) is 1. The molecule has 1 N–H and O–H groups in total. The Balaban J connectivity index is 1.42. The molecule has 0 spiro atoms. The first-order valence-corrected chi connectivity index (χ1v) is 8.29. The molecule has 1 aliphatic carbocycles. The second-order valence-corrected chi connectivity index (χ2v) is 6.32. The van der Waals surface area contributed by atoms with Gasteiger partial charge in [-0.2, -0.15) is 0 Å². The Labute approximate surface area is 136 Å². The van der Waals surface area contributed by atoms with Crippen molar-refractivity contribution >= 4 is 17.3 Å². The Bertz CT molecular complexity index is 676. The van der Waals surface area contributed by atoms with Crippen LogP contribution in [0.4, 0.5) is 17.3 Å². The smallest absolute Gasteiger partial charge is 0.134 e. The van der Waals surface area contributed by atoms with Gasteiger partial charge in [0.05, 0.1) is 11.9 Å². The highest BCUT2D eigenvalue weighted by molar-refractivity contribution is 5.54. The minimum Gasteiger partial charge on any atom is -0.367 e. The Morgan fingerprint density at radius 3 is 2.61 bits per heavy atom. The summed E-state index contributed by atoms with van der Waals surface area (Å²) in [6.07, 6.45) is 7.99. The van der Waals surface area contributed by atoms with Crippen molar-refractivity contribution in [3.63, 3.8) is 0 Å². The van der Waals surface area contributed by atoms with Gasteiger partial charge in [0, 0.05) is 44.5 Å². The summed E-state index contributed by atoms with van der Waals surface area (Å²) in [6, 6.07) is 4.76. The molecule has 0 radical (unpaired) electrons. The molecule has 2 aromatic heterocycles. The van der Waals surface area contributed by atoms with Gasteiger partial charge in [0.1, 0.15) is 18.0 Å². The number of nitrogens with zero attached hydrogens (tertiary/aromatic N) is 5. The van der Waals surface area contributed by atoms with Gasteiger partial charge in [0.2, 0.25) is 0 Å². The maximum Gasteiger partial charge on any atom is 0.134 e. The van der Waals surface area contributed by atoms with Crippen LogP contribution in [-0.4, -0.2) is 47.2 Å². The molecule has 2 fully saturated rings. The maximum absolute atomic E-state index is 4.45. The summed E-state index contributed by atoms with van der Waals surface area (Å²) in [6.45, 7) is 6.05. The van der Waals surface area contributed by atoms with E-state index in [-0.39, 0.29) is 0 Å². The molecule has 2 aromatic rings. The monoisotopic (exact) mass is 310 g/mol. The summed E-state index contributed by atoms with van der Waals surface area (Å²) < 4.78 is 0. The third kappa shape index (κ3) is 3.21. The molecule has 1 saturated heterocycles. The van der Waals surface area contributed by atoms with Crippen molar-refractivity contribution in [1.29, 1.82) is 0 Å². The molecule has 4 rings (SSSR count). The van der Waals surface area contributed by atoms with Gasteiger partial charge in [0.15, 0.2) is 0 Å². The van der Waals surface area contributed by atoms with Crippen molar-refractivity contribution in [2.45, 2.75) is 25.8 Å². The van der Waals surface area contributed by atoms with Crippen LogP contribution < -0.4 is 15.1 Å². The number of hydrogen-bond acceptors (Lipinski definition) is 6. The van der Waals surface area contributed by atoms with Crippen LogP contribution in [0.1, 0.15) is 18.4 Å². The van der Waals surface area contributed by atoms with E-state index in [1.165, 1.54) is 24.1 Å². The zero-order valence-corrected chi connectivity index (χ0v) is 13.4. The highest BCUT2D eigenvalue weighted by Gasteiger charge is 2.23. The van der Waals surface area contributed by atoms with Crippen LogP contribution in [0.2, 0.25) is 0 Å². The van der Waals surface area contributed by atoms with Crippen molar-refractivity contribution in [2.24, 2.45) is 0 Å². The summed E-state index contributed by atoms with van der Waals surface area (Å²) in [4.78, 5) is 17.8. The highest BCUT2D eigenvalue weighted by atomic mass is 15.3. The van der Waals surface area contributed by atoms with Crippen LogP contribution >= 0.6 is 0 Å². The van der Waals surface area contributed by atoms with Gasteiger partial charge < -0.3 is 15.1 Å². The Hall–Kier alpha value is -2.37. The minimum atomic E-state index is 0.614. The van der Waals surface area contributed by atoms with E-state index in [0.29, 0.717) is 6.04 Å². The second kappa shape index (κ2) is 6.02. The van der Waals surface area contributed by atoms with Crippen molar-refractivity contribution in [3.8, 4) is 0 Å². The lowest BCUT2D eigenvalue weighted by molar-refractivity contribution is 0.645. The molecule has 23 heavy (non-hydrogen) atoms. The number of aromatic nitrogens is 3. The summed E-state index contributed by atoms with van der Waals surface area (Å²) in [5.74, 6) is 1.97. The van der Waals surface area contributed by atoms with Crippen molar-refractivity contribution < 1.29 is 0 Å². The lowest BCUT2D eigenvalue weighted by Crippen LogP contribution is -2.47. The van der Waals surface area contributed by atoms with Gasteiger partial charge in [-0.3, -0.25) is 4.98 Å². The number of rotatable bonds is 4. The van der Waals surface area contributed by atoms with Crippen LogP contribution in [-0.2, 0) is 0 Å². The molecule has 6 heteroatoms. The summed E-state index contributed by atoms with van der Waals surface area (Å²) in [5, 5.41) is 3.44. The van der Waals surface area contributed by atoms with Gasteiger partial charge in [0.25, 0.3) is 0 Å². The molecule has 0 bridgehead atoms. The summed E-state index contributed by atoms with van der Waals surface area (Å²) >= 11 is 0. The first-order valence-electron chi connectivity index (χ1n) is 8.29. The summed E-state index contributed by atoms with van der Waals surface area (Å²) in [5.41, 5.74) is 2.53. The van der Waals surface area contributed by atoms with Crippen LogP contribution in [0.25, 0.3) is 0 Å². The minimum absolute atomic E-state index is 0.614. The Morgan fingerprint density at radius 1 is 1.09 bits per heavy atom. The number of pyridine rings is 1. The number of aryl methyl sites for hydroxylation is 1. The predicted octanol–water partition coefficient (Wildman–Crippen LogP) is 2.08. The molecule has 0 aromatic carbocycles. The zero-order chi connectivity index (χ0) is 15.6. The topological polar surface area (TPSA) is 57.2 Å². The molecule has 2 aliphatic rings. The third-order valence-corrected chi connectivity index (χ3v) is 4.54. The first kappa shape index (κ1) is 14.2. The maximum atomic E-state index is 4.45. The van der Waals surface area contributed by atoms with Crippen LogP contribution in [0.5, 0.6) is 0 Å². The van der Waals surface area contributed by atoms with E-state index in [2.05, 4.69) is 49.1 Å². The van der Waals surface area contributed by atoms with E-state index in [1.807, 2.05) is 12.4 Å². The molecule has 1 aliphatic heterocycles. The normalized spacial score (nSPS) is 18.1. The average Bonchev–Trinajstić information content (AvgIpc) is 3.40. The molecular weight excluding hydrogens is 288 g/mol. The van der Waals surface area contributed by atoms with Crippen LogP contribution in [0, 0.1) is 6.92 Å². The second-order valence-electron chi connectivity index (χ2n) is 6.32. The summed E-state index contributed by atoms with van der Waals surface area (Å²) in [7, 11) is 0. The lowest BCUT2D eigenvalue weighted by Gasteiger charge is -2.37. The SMILES string of the molecule is Cc1ccncc1N1CCN(c2cc(NC3CC3)ncn2)CC1. The lowest BCUT2D eigenvalue weighted by atomic mass is 10.2. The molecule has 0 unspecified atom stereocenters. The van der Waals surface area contributed by atoms with Crippen molar-refractivity contribution in [1.82, 2.24) is 15.0 Å². The molecule has 6 nitrogen and oxygen atoms in total. The number of hydrogen-bond donors (Lipinski definition) is 1. The molecule has 3 heterocycles. The van der Waals surface area contributed by atoms with E-state index < -0.39 is 0 Å². The third-order valence-electron chi connectivity index (χ3n) is 4.54. The largest absolute Gasteiger partial charge is 0.367 e. The number of piperazine rings is 1. The molecule has 0 amide bonds. The molecule has 1 saturated carbocycles. The first-order chi connectivity index (χ1) is 11.3. The molecule has 120 valence electrons. The number of anilines is 3.